The minimum absolute atomic E-state index is 0.140. The molecule has 0 amide bonds. The van der Waals surface area contributed by atoms with Gasteiger partial charge in [-0.2, -0.15) is 5.26 Å². The second-order valence-corrected chi connectivity index (χ2v) is 2.65. The summed E-state index contributed by atoms with van der Waals surface area (Å²) in [5.74, 6) is -1.27. The third kappa shape index (κ3) is 2.18. The van der Waals surface area contributed by atoms with Crippen molar-refractivity contribution in [2.75, 3.05) is 7.11 Å². The highest BCUT2D eigenvalue weighted by Gasteiger charge is 2.20. The van der Waals surface area contributed by atoms with Gasteiger partial charge in [-0.25, -0.2) is 18.2 Å². The highest BCUT2D eigenvalue weighted by atomic mass is 19.3. The topological polar surface area (TPSA) is 45.9 Å². The van der Waals surface area contributed by atoms with Gasteiger partial charge >= 0.3 is 0 Å². The molecule has 0 bridgehead atoms. The molecule has 6 heteroatoms. The molecule has 0 atom stereocenters. The summed E-state index contributed by atoms with van der Waals surface area (Å²) in [6.07, 6.45) is -2.61. The quantitative estimate of drug-likeness (QED) is 0.778. The Bertz CT molecular complexity index is 401. The summed E-state index contributed by atoms with van der Waals surface area (Å²) in [5.41, 5.74) is -1.06. The van der Waals surface area contributed by atoms with E-state index in [1.165, 1.54) is 7.11 Å². The van der Waals surface area contributed by atoms with Crippen molar-refractivity contribution in [3.63, 3.8) is 0 Å². The second kappa shape index (κ2) is 4.64. The van der Waals surface area contributed by atoms with Crippen LogP contribution in [0.1, 0.15) is 17.6 Å². The number of nitriles is 1. The molecule has 0 aliphatic rings. The molecule has 3 nitrogen and oxygen atoms in total. The monoisotopic (exact) mass is 216 g/mol. The number of rotatable bonds is 3. The molecule has 0 saturated carbocycles. The summed E-state index contributed by atoms with van der Waals surface area (Å²) in [6.45, 7) is 0. The Hall–Kier alpha value is -1.77. The summed E-state index contributed by atoms with van der Waals surface area (Å²) in [6, 6.07) is 1.66. The molecular formula is C9H7F3N2O. The van der Waals surface area contributed by atoms with Crippen LogP contribution in [-0.2, 0) is 6.42 Å². The van der Waals surface area contributed by atoms with Gasteiger partial charge in [0.1, 0.15) is 5.82 Å². The minimum atomic E-state index is -2.96. The average Bonchev–Trinajstić information content (AvgIpc) is 2.20. The Kier molecular flexibility index (Phi) is 3.50. The van der Waals surface area contributed by atoms with Crippen LogP contribution in [0.2, 0.25) is 0 Å². The lowest BCUT2D eigenvalue weighted by Gasteiger charge is -2.08. The molecule has 0 saturated heterocycles. The van der Waals surface area contributed by atoms with Gasteiger partial charge in [0.15, 0.2) is 0 Å². The molecular weight excluding hydrogens is 209 g/mol. The standard InChI is InChI=1S/C9H7F3N2O/c1-15-9-5(2-3-13)7(10)6(4-14-9)8(11)12/h4,8H,2H2,1H3. The Labute approximate surface area is 84.1 Å². The zero-order valence-corrected chi connectivity index (χ0v) is 7.80. The van der Waals surface area contributed by atoms with Gasteiger partial charge in [-0.1, -0.05) is 0 Å². The number of methoxy groups -OCH3 is 1. The van der Waals surface area contributed by atoms with Crippen LogP contribution < -0.4 is 4.74 Å². The van der Waals surface area contributed by atoms with Gasteiger partial charge in [-0.3, -0.25) is 0 Å². The number of aromatic nitrogens is 1. The number of alkyl halides is 2. The Morgan fingerprint density at radius 3 is 2.73 bits per heavy atom. The largest absolute Gasteiger partial charge is 0.481 e. The van der Waals surface area contributed by atoms with E-state index in [0.717, 1.165) is 0 Å². The maximum atomic E-state index is 13.4. The van der Waals surface area contributed by atoms with Crippen LogP contribution in [0.25, 0.3) is 0 Å². The third-order valence-electron chi connectivity index (χ3n) is 1.78. The van der Waals surface area contributed by atoms with Crippen LogP contribution in [0.5, 0.6) is 5.88 Å². The first-order valence-electron chi connectivity index (χ1n) is 3.98. The highest BCUT2D eigenvalue weighted by molar-refractivity contribution is 5.34. The lowest BCUT2D eigenvalue weighted by Crippen LogP contribution is -2.03. The maximum absolute atomic E-state index is 13.4. The van der Waals surface area contributed by atoms with Crippen molar-refractivity contribution in [2.45, 2.75) is 12.8 Å². The SMILES string of the molecule is COc1ncc(C(F)F)c(F)c1CC#N. The molecule has 1 rings (SSSR count). The van der Waals surface area contributed by atoms with Gasteiger partial charge < -0.3 is 4.74 Å². The first-order chi connectivity index (χ1) is 7.11. The highest BCUT2D eigenvalue weighted by Crippen LogP contribution is 2.28. The van der Waals surface area contributed by atoms with Crippen molar-refractivity contribution in [3.8, 4) is 11.9 Å². The zero-order chi connectivity index (χ0) is 11.4. The van der Waals surface area contributed by atoms with Crippen LogP contribution in [0.15, 0.2) is 6.20 Å². The van der Waals surface area contributed by atoms with Crippen molar-refractivity contribution in [1.82, 2.24) is 4.98 Å². The van der Waals surface area contributed by atoms with Gasteiger partial charge in [-0.05, 0) is 0 Å². The molecule has 0 radical (unpaired) electrons. The van der Waals surface area contributed by atoms with Crippen LogP contribution in [0.4, 0.5) is 13.2 Å². The molecule has 0 aromatic carbocycles. The Balaban J connectivity index is 3.30. The number of halogens is 3. The van der Waals surface area contributed by atoms with Crippen LogP contribution >= 0.6 is 0 Å². The smallest absolute Gasteiger partial charge is 0.268 e. The minimum Gasteiger partial charge on any atom is -0.481 e. The predicted octanol–water partition coefficient (Wildman–Crippen LogP) is 2.23. The molecule has 1 heterocycles. The summed E-state index contributed by atoms with van der Waals surface area (Å²) in [7, 11) is 1.23. The lowest BCUT2D eigenvalue weighted by molar-refractivity contribution is 0.145. The van der Waals surface area contributed by atoms with Gasteiger partial charge in [0.2, 0.25) is 5.88 Å². The summed E-state index contributed by atoms with van der Waals surface area (Å²) < 4.78 is 42.6. The Morgan fingerprint density at radius 2 is 2.27 bits per heavy atom. The first-order valence-corrected chi connectivity index (χ1v) is 3.98. The fraction of sp³-hybridized carbons (Fsp3) is 0.333. The van der Waals surface area contributed by atoms with E-state index in [9.17, 15) is 13.2 Å². The fourth-order valence-corrected chi connectivity index (χ4v) is 1.09. The predicted molar refractivity (Wildman–Crippen MR) is 45.0 cm³/mol. The number of ether oxygens (including phenoxy) is 1. The van der Waals surface area contributed by atoms with Crippen molar-refractivity contribution in [2.24, 2.45) is 0 Å². The third-order valence-corrected chi connectivity index (χ3v) is 1.78. The molecule has 1 aromatic heterocycles. The molecule has 1 aromatic rings. The van der Waals surface area contributed by atoms with Crippen LogP contribution in [-0.4, -0.2) is 12.1 Å². The molecule has 0 spiro atoms. The van der Waals surface area contributed by atoms with Gasteiger partial charge in [0.05, 0.1) is 30.7 Å². The fourth-order valence-electron chi connectivity index (χ4n) is 1.09. The molecule has 0 aliphatic heterocycles. The average molecular weight is 216 g/mol. The van der Waals surface area contributed by atoms with Gasteiger partial charge in [0, 0.05) is 6.20 Å². The lowest BCUT2D eigenvalue weighted by atomic mass is 10.1. The van der Waals surface area contributed by atoms with E-state index in [0.29, 0.717) is 6.20 Å². The van der Waals surface area contributed by atoms with E-state index < -0.39 is 17.8 Å². The maximum Gasteiger partial charge on any atom is 0.268 e. The van der Waals surface area contributed by atoms with Crippen LogP contribution in [0, 0.1) is 17.1 Å². The number of hydrogen-bond acceptors (Lipinski definition) is 3. The number of hydrogen-bond donors (Lipinski definition) is 0. The van der Waals surface area contributed by atoms with Crippen LogP contribution in [0.3, 0.4) is 0 Å². The number of nitrogens with zero attached hydrogens (tertiary/aromatic N) is 2. The first kappa shape index (κ1) is 11.3. The van der Waals surface area contributed by atoms with Crippen molar-refractivity contribution in [1.29, 1.82) is 5.26 Å². The van der Waals surface area contributed by atoms with Gasteiger partial charge in [0.25, 0.3) is 6.43 Å². The van der Waals surface area contributed by atoms with Crippen molar-refractivity contribution < 1.29 is 17.9 Å². The van der Waals surface area contributed by atoms with E-state index in [1.807, 2.05) is 0 Å². The van der Waals surface area contributed by atoms with E-state index >= 15 is 0 Å². The summed E-state index contributed by atoms with van der Waals surface area (Å²) in [4.78, 5) is 3.50. The molecule has 0 fully saturated rings. The summed E-state index contributed by atoms with van der Waals surface area (Å²) >= 11 is 0. The van der Waals surface area contributed by atoms with E-state index in [1.54, 1.807) is 6.07 Å². The summed E-state index contributed by atoms with van der Waals surface area (Å²) in [5, 5.41) is 8.41. The zero-order valence-electron chi connectivity index (χ0n) is 7.80. The Morgan fingerprint density at radius 1 is 1.60 bits per heavy atom. The molecule has 0 unspecified atom stereocenters. The number of pyridine rings is 1. The van der Waals surface area contributed by atoms with Gasteiger partial charge in [-0.15, -0.1) is 0 Å². The van der Waals surface area contributed by atoms with E-state index in [2.05, 4.69) is 9.72 Å². The van der Waals surface area contributed by atoms with E-state index in [-0.39, 0.29) is 17.9 Å². The molecule has 0 aliphatic carbocycles. The molecule has 0 N–H and O–H groups in total. The molecule has 80 valence electrons. The molecule has 15 heavy (non-hydrogen) atoms. The normalized spacial score (nSPS) is 10.1. The second-order valence-electron chi connectivity index (χ2n) is 2.65. The van der Waals surface area contributed by atoms with Crippen molar-refractivity contribution >= 4 is 0 Å². The van der Waals surface area contributed by atoms with E-state index in [4.69, 9.17) is 5.26 Å². The van der Waals surface area contributed by atoms with Crippen molar-refractivity contribution in [3.05, 3.63) is 23.1 Å².